The molecule has 150 valence electrons. The zero-order valence-corrected chi connectivity index (χ0v) is 18.2. The molecular weight excluding hydrogens is 333 g/mol. The highest BCUT2D eigenvalue weighted by molar-refractivity contribution is 5.73. The monoisotopic (exact) mass is 371 g/mol. The molecule has 0 aromatic carbocycles. The van der Waals surface area contributed by atoms with Gasteiger partial charge in [-0.25, -0.2) is 4.39 Å². The summed E-state index contributed by atoms with van der Waals surface area (Å²) < 4.78 is 14.2. The summed E-state index contributed by atoms with van der Waals surface area (Å²) in [6.45, 7) is 13.6. The van der Waals surface area contributed by atoms with Crippen molar-refractivity contribution in [1.29, 1.82) is 0 Å². The number of halogens is 1. The lowest BCUT2D eigenvalue weighted by molar-refractivity contribution is 0.377. The van der Waals surface area contributed by atoms with E-state index in [-0.39, 0.29) is 11.2 Å². The SMILES string of the molecule is CCCCCN=C/C=C(C)/C(F)=C\C=C(C)/C=C/C1=C(C)CCCC1(C)C. The molecule has 1 rings (SSSR count). The quantitative estimate of drug-likeness (QED) is 0.221. The molecule has 0 saturated carbocycles. The fourth-order valence-electron chi connectivity index (χ4n) is 3.39. The number of hydrogen-bond acceptors (Lipinski definition) is 1. The number of rotatable bonds is 9. The number of unbranched alkanes of at least 4 members (excludes halogenated alkanes) is 2. The van der Waals surface area contributed by atoms with E-state index in [1.807, 2.05) is 13.0 Å². The van der Waals surface area contributed by atoms with Crippen LogP contribution in [-0.4, -0.2) is 12.8 Å². The van der Waals surface area contributed by atoms with E-state index in [4.69, 9.17) is 0 Å². The first-order valence-electron chi connectivity index (χ1n) is 10.4. The van der Waals surface area contributed by atoms with Crippen LogP contribution in [0.15, 0.2) is 63.5 Å². The molecule has 0 saturated heterocycles. The van der Waals surface area contributed by atoms with E-state index in [0.717, 1.165) is 18.5 Å². The van der Waals surface area contributed by atoms with Crippen LogP contribution >= 0.6 is 0 Å². The lowest BCUT2D eigenvalue weighted by Gasteiger charge is -2.32. The summed E-state index contributed by atoms with van der Waals surface area (Å²) in [4.78, 5) is 4.30. The maximum Gasteiger partial charge on any atom is 0.126 e. The van der Waals surface area contributed by atoms with Crippen molar-refractivity contribution in [2.24, 2.45) is 10.4 Å². The molecule has 0 amide bonds. The van der Waals surface area contributed by atoms with E-state index in [9.17, 15) is 4.39 Å². The third-order valence-corrected chi connectivity index (χ3v) is 5.25. The van der Waals surface area contributed by atoms with Gasteiger partial charge in [0, 0.05) is 12.8 Å². The van der Waals surface area contributed by atoms with Gasteiger partial charge in [0.05, 0.1) is 0 Å². The highest BCUT2D eigenvalue weighted by Crippen LogP contribution is 2.40. The summed E-state index contributed by atoms with van der Waals surface area (Å²) in [6.07, 6.45) is 18.3. The van der Waals surface area contributed by atoms with Crippen molar-refractivity contribution in [2.45, 2.75) is 80.1 Å². The van der Waals surface area contributed by atoms with Gasteiger partial charge in [0.1, 0.15) is 5.83 Å². The molecule has 0 bridgehead atoms. The molecule has 0 heterocycles. The van der Waals surface area contributed by atoms with E-state index >= 15 is 0 Å². The molecule has 0 radical (unpaired) electrons. The molecule has 0 N–H and O–H groups in total. The Balaban J connectivity index is 2.70. The Kier molecular flexibility index (Phi) is 10.3. The topological polar surface area (TPSA) is 12.4 Å². The summed E-state index contributed by atoms with van der Waals surface area (Å²) in [5.74, 6) is -0.212. The van der Waals surface area contributed by atoms with Crippen molar-refractivity contribution in [3.8, 4) is 0 Å². The van der Waals surface area contributed by atoms with Crippen molar-refractivity contribution in [1.82, 2.24) is 0 Å². The second kappa shape index (κ2) is 11.9. The summed E-state index contributed by atoms with van der Waals surface area (Å²) in [7, 11) is 0. The van der Waals surface area contributed by atoms with Gasteiger partial charge in [-0.05, 0) is 75.2 Å². The first kappa shape index (κ1) is 23.3. The van der Waals surface area contributed by atoms with Gasteiger partial charge < -0.3 is 0 Å². The predicted octanol–water partition coefficient (Wildman–Crippen LogP) is 8.08. The lowest BCUT2D eigenvalue weighted by atomic mass is 9.72. The van der Waals surface area contributed by atoms with Crippen LogP contribution in [0, 0.1) is 5.41 Å². The van der Waals surface area contributed by atoms with Gasteiger partial charge in [-0.1, -0.05) is 63.0 Å². The average Bonchev–Trinajstić information content (AvgIpc) is 2.61. The van der Waals surface area contributed by atoms with Crippen LogP contribution in [0.3, 0.4) is 0 Å². The number of aliphatic imine (C=N–C) groups is 1. The second-order valence-corrected chi connectivity index (χ2v) is 8.30. The van der Waals surface area contributed by atoms with Gasteiger partial charge in [0.15, 0.2) is 0 Å². The summed E-state index contributed by atoms with van der Waals surface area (Å²) in [5.41, 5.74) is 4.80. The lowest BCUT2D eigenvalue weighted by Crippen LogP contribution is -2.19. The molecule has 1 aliphatic rings. The van der Waals surface area contributed by atoms with Crippen LogP contribution in [0.4, 0.5) is 4.39 Å². The molecule has 0 fully saturated rings. The Morgan fingerprint density at radius 3 is 2.56 bits per heavy atom. The van der Waals surface area contributed by atoms with E-state index < -0.39 is 0 Å². The standard InChI is InChI=1S/C25H38FN/c1-7-8-9-18-27-19-16-22(4)24(26)15-13-20(2)12-14-23-21(3)11-10-17-25(23,5)6/h12-16,19H,7-11,17-18H2,1-6H3/b14-12+,20-13-,22-16+,24-15+,27-19?. The van der Waals surface area contributed by atoms with Gasteiger partial charge in [-0.15, -0.1) is 0 Å². The molecule has 0 unspecified atom stereocenters. The molecule has 27 heavy (non-hydrogen) atoms. The predicted molar refractivity (Wildman–Crippen MR) is 119 cm³/mol. The zero-order chi connectivity index (χ0) is 20.3. The minimum Gasteiger partial charge on any atom is -0.293 e. The first-order chi connectivity index (χ1) is 12.8. The molecule has 0 aromatic rings. The maximum absolute atomic E-state index is 14.2. The van der Waals surface area contributed by atoms with Crippen molar-refractivity contribution >= 4 is 6.21 Å². The van der Waals surface area contributed by atoms with Crippen molar-refractivity contribution in [3.05, 3.63) is 58.5 Å². The van der Waals surface area contributed by atoms with Crippen LogP contribution in [0.25, 0.3) is 0 Å². The number of allylic oxidation sites excluding steroid dienone is 10. The highest BCUT2D eigenvalue weighted by atomic mass is 19.1. The van der Waals surface area contributed by atoms with Crippen molar-refractivity contribution in [2.75, 3.05) is 6.54 Å². The van der Waals surface area contributed by atoms with Crippen LogP contribution in [0.5, 0.6) is 0 Å². The number of hydrogen-bond donors (Lipinski definition) is 0. The smallest absolute Gasteiger partial charge is 0.126 e. The van der Waals surface area contributed by atoms with E-state index in [0.29, 0.717) is 5.57 Å². The Bertz CT molecular complexity index is 654. The Morgan fingerprint density at radius 1 is 1.15 bits per heavy atom. The molecular formula is C25H38FN. The van der Waals surface area contributed by atoms with Gasteiger partial charge in [-0.2, -0.15) is 0 Å². The van der Waals surface area contributed by atoms with Crippen LogP contribution in [0.2, 0.25) is 0 Å². The average molecular weight is 372 g/mol. The number of nitrogens with zero attached hydrogens (tertiary/aromatic N) is 1. The fraction of sp³-hybridized carbons (Fsp3) is 0.560. The van der Waals surface area contributed by atoms with Crippen LogP contribution < -0.4 is 0 Å². The van der Waals surface area contributed by atoms with Gasteiger partial charge in [-0.3, -0.25) is 4.99 Å². The van der Waals surface area contributed by atoms with Gasteiger partial charge >= 0.3 is 0 Å². The maximum atomic E-state index is 14.2. The molecule has 0 atom stereocenters. The third kappa shape index (κ3) is 8.69. The van der Waals surface area contributed by atoms with Crippen molar-refractivity contribution < 1.29 is 4.39 Å². The van der Waals surface area contributed by atoms with E-state index in [1.165, 1.54) is 43.3 Å². The molecule has 2 heteroatoms. The third-order valence-electron chi connectivity index (χ3n) is 5.25. The van der Waals surface area contributed by atoms with Gasteiger partial charge in [0.2, 0.25) is 0 Å². The van der Waals surface area contributed by atoms with E-state index in [1.54, 1.807) is 25.3 Å². The second-order valence-electron chi connectivity index (χ2n) is 8.30. The molecule has 1 nitrogen and oxygen atoms in total. The largest absolute Gasteiger partial charge is 0.293 e. The molecule has 0 spiro atoms. The molecule has 0 aromatic heterocycles. The summed E-state index contributed by atoms with van der Waals surface area (Å²) in [5, 5.41) is 0. The van der Waals surface area contributed by atoms with Crippen molar-refractivity contribution in [3.63, 3.8) is 0 Å². The van der Waals surface area contributed by atoms with Gasteiger partial charge in [0.25, 0.3) is 0 Å². The summed E-state index contributed by atoms with van der Waals surface area (Å²) >= 11 is 0. The normalized spacial score (nSPS) is 19.6. The zero-order valence-electron chi connectivity index (χ0n) is 18.2. The molecule has 0 aliphatic heterocycles. The van der Waals surface area contributed by atoms with Crippen LogP contribution in [-0.2, 0) is 0 Å². The molecule has 1 aliphatic carbocycles. The fourth-order valence-corrected chi connectivity index (χ4v) is 3.39. The summed E-state index contributed by atoms with van der Waals surface area (Å²) in [6, 6.07) is 0. The van der Waals surface area contributed by atoms with E-state index in [2.05, 4.69) is 44.8 Å². The Hall–Kier alpha value is -1.70. The Morgan fingerprint density at radius 2 is 1.89 bits per heavy atom. The minimum atomic E-state index is -0.212. The van der Waals surface area contributed by atoms with Crippen LogP contribution in [0.1, 0.15) is 80.1 Å². The first-order valence-corrected chi connectivity index (χ1v) is 10.4. The Labute approximate surface area is 166 Å². The minimum absolute atomic E-state index is 0.212. The highest BCUT2D eigenvalue weighted by Gasteiger charge is 2.26.